The third-order valence-corrected chi connectivity index (χ3v) is 7.45. The fourth-order valence-corrected chi connectivity index (χ4v) is 5.81. The van der Waals surface area contributed by atoms with E-state index in [9.17, 15) is 4.79 Å². The van der Waals surface area contributed by atoms with Crippen LogP contribution in [0.1, 0.15) is 65.0 Å². The lowest BCUT2D eigenvalue weighted by Crippen LogP contribution is -2.41. The van der Waals surface area contributed by atoms with Crippen molar-refractivity contribution in [3.8, 4) is 21.9 Å². The number of nitrogens with two attached hydrogens (primary N) is 1. The van der Waals surface area contributed by atoms with Crippen molar-refractivity contribution in [3.05, 3.63) is 69.6 Å². The number of ether oxygens (including phenoxy) is 2. The summed E-state index contributed by atoms with van der Waals surface area (Å²) in [6.07, 6.45) is 1.70. The highest BCUT2D eigenvalue weighted by Crippen LogP contribution is 2.45. The van der Waals surface area contributed by atoms with Crippen LogP contribution >= 0.6 is 11.3 Å². The molecule has 2 aromatic carbocycles. The van der Waals surface area contributed by atoms with E-state index < -0.39 is 0 Å². The fourth-order valence-electron chi connectivity index (χ4n) is 4.71. The monoisotopic (exact) mass is 478 g/mol. The SMILES string of the molecule is COc1cc2c(cc1OC)[C@H](c1cc(-c3cccc(C)c3)sc1C(=O)NC(C)(C)C)[C@@H](N)CC2. The molecule has 1 aliphatic rings. The van der Waals surface area contributed by atoms with E-state index in [0.29, 0.717) is 11.5 Å². The van der Waals surface area contributed by atoms with Gasteiger partial charge in [0.05, 0.1) is 19.1 Å². The van der Waals surface area contributed by atoms with Gasteiger partial charge < -0.3 is 20.5 Å². The summed E-state index contributed by atoms with van der Waals surface area (Å²) in [4.78, 5) is 15.3. The molecule has 6 heteroatoms. The van der Waals surface area contributed by atoms with E-state index in [2.05, 4.69) is 48.6 Å². The third kappa shape index (κ3) is 4.84. The van der Waals surface area contributed by atoms with Gasteiger partial charge in [-0.1, -0.05) is 29.8 Å². The summed E-state index contributed by atoms with van der Waals surface area (Å²) < 4.78 is 11.2. The molecule has 34 heavy (non-hydrogen) atoms. The molecule has 0 bridgehead atoms. The van der Waals surface area contributed by atoms with Crippen molar-refractivity contribution in [3.63, 3.8) is 0 Å². The normalized spacial score (nSPS) is 17.7. The van der Waals surface area contributed by atoms with Gasteiger partial charge in [-0.15, -0.1) is 11.3 Å². The first-order valence-electron chi connectivity index (χ1n) is 11.6. The first kappa shape index (κ1) is 24.3. The van der Waals surface area contributed by atoms with Crippen LogP contribution in [0, 0.1) is 6.92 Å². The highest BCUT2D eigenvalue weighted by molar-refractivity contribution is 7.17. The maximum atomic E-state index is 13.5. The van der Waals surface area contributed by atoms with Gasteiger partial charge in [0, 0.05) is 22.4 Å². The number of thiophene rings is 1. The predicted octanol–water partition coefficient (Wildman–Crippen LogP) is 5.67. The Balaban J connectivity index is 1.90. The number of amides is 1. The number of carbonyl (C=O) groups is 1. The zero-order valence-corrected chi connectivity index (χ0v) is 21.6. The second-order valence-corrected chi connectivity index (χ2v) is 11.1. The van der Waals surface area contributed by atoms with Crippen LogP contribution in [0.5, 0.6) is 11.5 Å². The summed E-state index contributed by atoms with van der Waals surface area (Å²) in [5.41, 5.74) is 12.0. The van der Waals surface area contributed by atoms with Gasteiger partial charge in [-0.25, -0.2) is 0 Å². The van der Waals surface area contributed by atoms with Gasteiger partial charge in [-0.3, -0.25) is 4.79 Å². The minimum atomic E-state index is -0.342. The fraction of sp³-hybridized carbons (Fsp3) is 0.393. The molecule has 0 saturated heterocycles. The molecular formula is C28H34N2O3S. The Morgan fingerprint density at radius 3 is 2.41 bits per heavy atom. The average molecular weight is 479 g/mol. The van der Waals surface area contributed by atoms with Gasteiger partial charge in [0.1, 0.15) is 0 Å². The van der Waals surface area contributed by atoms with E-state index in [-0.39, 0.29) is 23.4 Å². The van der Waals surface area contributed by atoms with Crippen molar-refractivity contribution >= 4 is 17.2 Å². The largest absolute Gasteiger partial charge is 0.493 e. The second kappa shape index (κ2) is 9.43. The third-order valence-electron chi connectivity index (χ3n) is 6.25. The molecule has 180 valence electrons. The summed E-state index contributed by atoms with van der Waals surface area (Å²) in [6, 6.07) is 14.5. The topological polar surface area (TPSA) is 73.6 Å². The molecule has 1 heterocycles. The Morgan fingerprint density at radius 1 is 1.06 bits per heavy atom. The maximum absolute atomic E-state index is 13.5. The van der Waals surface area contributed by atoms with Crippen molar-refractivity contribution < 1.29 is 14.3 Å². The molecule has 1 aromatic heterocycles. The van der Waals surface area contributed by atoms with Gasteiger partial charge in [0.2, 0.25) is 0 Å². The maximum Gasteiger partial charge on any atom is 0.262 e. The molecule has 0 unspecified atom stereocenters. The molecule has 0 spiro atoms. The van der Waals surface area contributed by atoms with E-state index in [1.807, 2.05) is 26.8 Å². The van der Waals surface area contributed by atoms with Gasteiger partial charge in [-0.2, -0.15) is 0 Å². The standard InChI is InChI=1S/C28H34N2O3S/c1-16-8-7-9-18(12-16)24-15-20(26(34-24)27(31)30-28(2,3)4)25-19-14-23(33-6)22(32-5)13-17(19)10-11-21(25)29/h7-9,12-15,21,25H,10-11,29H2,1-6H3,(H,30,31)/t21-,25+/m0/s1. The second-order valence-electron chi connectivity index (χ2n) is 10.1. The molecule has 0 saturated carbocycles. The van der Waals surface area contributed by atoms with Crippen LogP contribution in [0.2, 0.25) is 0 Å². The number of benzene rings is 2. The summed E-state index contributed by atoms with van der Waals surface area (Å²) in [5, 5.41) is 3.16. The van der Waals surface area contributed by atoms with Crippen LogP contribution in [0.15, 0.2) is 42.5 Å². The number of fused-ring (bicyclic) bond motifs is 1. The van der Waals surface area contributed by atoms with Crippen molar-refractivity contribution in [1.29, 1.82) is 0 Å². The number of aryl methyl sites for hydroxylation is 2. The van der Waals surface area contributed by atoms with Crippen molar-refractivity contribution in [2.45, 2.75) is 58.0 Å². The molecule has 1 amide bonds. The minimum Gasteiger partial charge on any atom is -0.493 e. The zero-order valence-electron chi connectivity index (χ0n) is 20.8. The Hall–Kier alpha value is -2.83. The van der Waals surface area contributed by atoms with Crippen LogP contribution in [0.4, 0.5) is 0 Å². The highest BCUT2D eigenvalue weighted by Gasteiger charge is 2.34. The molecule has 3 aromatic rings. The number of hydrogen-bond donors (Lipinski definition) is 2. The summed E-state index contributed by atoms with van der Waals surface area (Å²) in [6.45, 7) is 8.08. The van der Waals surface area contributed by atoms with Crippen LogP contribution in [-0.4, -0.2) is 31.7 Å². The van der Waals surface area contributed by atoms with Crippen LogP contribution < -0.4 is 20.5 Å². The van der Waals surface area contributed by atoms with Crippen LogP contribution in [-0.2, 0) is 6.42 Å². The van der Waals surface area contributed by atoms with E-state index in [1.54, 1.807) is 14.2 Å². The predicted molar refractivity (Wildman–Crippen MR) is 139 cm³/mol. The Morgan fingerprint density at radius 2 is 1.76 bits per heavy atom. The molecule has 3 N–H and O–H groups in total. The number of carbonyl (C=O) groups excluding carboxylic acids is 1. The number of rotatable bonds is 5. The van der Waals surface area contributed by atoms with Crippen molar-refractivity contribution in [1.82, 2.24) is 5.32 Å². The van der Waals surface area contributed by atoms with E-state index in [1.165, 1.54) is 22.5 Å². The zero-order chi connectivity index (χ0) is 24.6. The van der Waals surface area contributed by atoms with Gasteiger partial charge in [-0.05, 0) is 81.0 Å². The van der Waals surface area contributed by atoms with Gasteiger partial charge in [0.15, 0.2) is 11.5 Å². The summed E-state index contributed by atoms with van der Waals surface area (Å²) in [5.74, 6) is 1.22. The lowest BCUT2D eigenvalue weighted by atomic mass is 9.75. The Kier molecular flexibility index (Phi) is 6.74. The molecule has 2 atom stereocenters. The van der Waals surface area contributed by atoms with Crippen molar-refractivity contribution in [2.24, 2.45) is 5.73 Å². The van der Waals surface area contributed by atoms with Gasteiger partial charge >= 0.3 is 0 Å². The molecule has 0 aliphatic heterocycles. The molecule has 4 rings (SSSR count). The summed E-state index contributed by atoms with van der Waals surface area (Å²) in [7, 11) is 3.29. The highest BCUT2D eigenvalue weighted by atomic mass is 32.1. The first-order valence-corrected chi connectivity index (χ1v) is 12.5. The average Bonchev–Trinajstić information content (AvgIpc) is 3.22. The smallest absolute Gasteiger partial charge is 0.262 e. The van der Waals surface area contributed by atoms with Gasteiger partial charge in [0.25, 0.3) is 5.91 Å². The molecule has 1 aliphatic carbocycles. The first-order chi connectivity index (χ1) is 16.1. The Bertz CT molecular complexity index is 1210. The number of nitrogens with one attached hydrogen (secondary N) is 1. The lowest BCUT2D eigenvalue weighted by molar-refractivity contribution is 0.0922. The molecule has 0 fully saturated rings. The quantitative estimate of drug-likeness (QED) is 0.495. The van der Waals surface area contributed by atoms with E-state index >= 15 is 0 Å². The number of hydrogen-bond acceptors (Lipinski definition) is 5. The van der Waals surface area contributed by atoms with Crippen LogP contribution in [0.25, 0.3) is 10.4 Å². The molecule has 5 nitrogen and oxygen atoms in total. The lowest BCUT2D eigenvalue weighted by Gasteiger charge is -2.32. The minimum absolute atomic E-state index is 0.0637. The van der Waals surface area contributed by atoms with Crippen LogP contribution in [0.3, 0.4) is 0 Å². The molecule has 0 radical (unpaired) electrons. The van der Waals surface area contributed by atoms with Crippen molar-refractivity contribution in [2.75, 3.05) is 14.2 Å². The van der Waals surface area contributed by atoms with E-state index in [4.69, 9.17) is 15.2 Å². The Labute approximate surface area is 206 Å². The molecular weight excluding hydrogens is 444 g/mol. The number of methoxy groups -OCH3 is 2. The summed E-state index contributed by atoms with van der Waals surface area (Å²) >= 11 is 1.53. The van der Waals surface area contributed by atoms with E-state index in [0.717, 1.165) is 39.3 Å².